The standard InChI is InChI=1S/C12H13NO3S/c14-12-8-4-5-10(12)9-13-17(15,16)11-6-2-1-3-7-11/h1-3,5-7,13H,4,8-9H2. The van der Waals surface area contributed by atoms with Crippen molar-refractivity contribution in [3.05, 3.63) is 42.0 Å². The van der Waals surface area contributed by atoms with E-state index in [1.807, 2.05) is 0 Å². The van der Waals surface area contributed by atoms with E-state index in [1.165, 1.54) is 12.1 Å². The van der Waals surface area contributed by atoms with E-state index < -0.39 is 10.0 Å². The Morgan fingerprint density at radius 2 is 1.88 bits per heavy atom. The minimum Gasteiger partial charge on any atom is -0.295 e. The van der Waals surface area contributed by atoms with Crippen LogP contribution in [0.15, 0.2) is 46.9 Å². The number of rotatable bonds is 4. The maximum Gasteiger partial charge on any atom is 0.240 e. The summed E-state index contributed by atoms with van der Waals surface area (Å²) in [7, 11) is -3.51. The van der Waals surface area contributed by atoms with Gasteiger partial charge in [0.1, 0.15) is 0 Å². The van der Waals surface area contributed by atoms with E-state index in [4.69, 9.17) is 0 Å². The molecule has 17 heavy (non-hydrogen) atoms. The molecule has 0 bridgehead atoms. The molecule has 0 spiro atoms. The van der Waals surface area contributed by atoms with E-state index in [0.717, 1.165) is 0 Å². The second kappa shape index (κ2) is 4.81. The molecule has 0 saturated heterocycles. The zero-order chi connectivity index (χ0) is 12.3. The Hall–Kier alpha value is -1.46. The van der Waals surface area contributed by atoms with Gasteiger partial charge in [-0.15, -0.1) is 0 Å². The normalized spacial score (nSPS) is 16.0. The molecule has 0 radical (unpaired) electrons. The summed E-state index contributed by atoms with van der Waals surface area (Å²) in [5.74, 6) is 0.0285. The van der Waals surface area contributed by atoms with Crippen molar-refractivity contribution in [1.82, 2.24) is 4.72 Å². The highest BCUT2D eigenvalue weighted by Gasteiger charge is 2.18. The van der Waals surface area contributed by atoms with Gasteiger partial charge >= 0.3 is 0 Å². The summed E-state index contributed by atoms with van der Waals surface area (Å²) in [5.41, 5.74) is 0.560. The molecule has 0 aromatic heterocycles. The zero-order valence-corrected chi connectivity index (χ0v) is 10.0. The second-order valence-corrected chi connectivity index (χ2v) is 5.60. The van der Waals surface area contributed by atoms with Crippen LogP contribution in [0.4, 0.5) is 0 Å². The summed E-state index contributed by atoms with van der Waals surface area (Å²) >= 11 is 0. The number of nitrogens with one attached hydrogen (secondary N) is 1. The molecule has 0 saturated carbocycles. The van der Waals surface area contributed by atoms with Gasteiger partial charge in [-0.05, 0) is 18.6 Å². The van der Waals surface area contributed by atoms with E-state index in [1.54, 1.807) is 24.3 Å². The minimum absolute atomic E-state index is 0.0285. The number of ketones is 1. The zero-order valence-electron chi connectivity index (χ0n) is 9.22. The van der Waals surface area contributed by atoms with Crippen molar-refractivity contribution in [1.29, 1.82) is 0 Å². The van der Waals surface area contributed by atoms with Crippen molar-refractivity contribution in [2.75, 3.05) is 6.54 Å². The van der Waals surface area contributed by atoms with Crippen molar-refractivity contribution in [2.45, 2.75) is 17.7 Å². The lowest BCUT2D eigenvalue weighted by molar-refractivity contribution is -0.114. The first-order chi connectivity index (χ1) is 8.09. The fourth-order valence-corrected chi connectivity index (χ4v) is 2.71. The Bertz CT molecular complexity index is 546. The molecule has 5 heteroatoms. The minimum atomic E-state index is -3.51. The molecule has 0 atom stereocenters. The Morgan fingerprint density at radius 1 is 1.18 bits per heavy atom. The summed E-state index contributed by atoms with van der Waals surface area (Å²) < 4.78 is 26.1. The van der Waals surface area contributed by atoms with E-state index in [0.29, 0.717) is 18.4 Å². The van der Waals surface area contributed by atoms with E-state index in [9.17, 15) is 13.2 Å². The molecule has 1 aliphatic rings. The van der Waals surface area contributed by atoms with Crippen LogP contribution in [0.3, 0.4) is 0 Å². The van der Waals surface area contributed by atoms with Crippen LogP contribution in [0.1, 0.15) is 12.8 Å². The summed E-state index contributed by atoms with van der Waals surface area (Å²) in [6.07, 6.45) is 2.99. The molecule has 0 aliphatic heterocycles. The van der Waals surface area contributed by atoms with Crippen molar-refractivity contribution >= 4 is 15.8 Å². The SMILES string of the molecule is O=C1CCC=C1CNS(=O)(=O)c1ccccc1. The molecule has 90 valence electrons. The Labute approximate surface area is 100 Å². The fourth-order valence-electron chi connectivity index (χ4n) is 1.68. The van der Waals surface area contributed by atoms with Gasteiger partial charge in [-0.3, -0.25) is 4.79 Å². The lowest BCUT2D eigenvalue weighted by Crippen LogP contribution is -2.27. The third-order valence-corrected chi connectivity index (χ3v) is 4.04. The largest absolute Gasteiger partial charge is 0.295 e. The van der Waals surface area contributed by atoms with Crippen LogP contribution in [-0.2, 0) is 14.8 Å². The van der Waals surface area contributed by atoms with E-state index in [-0.39, 0.29) is 17.2 Å². The first kappa shape index (κ1) is 12.0. The quantitative estimate of drug-likeness (QED) is 0.876. The van der Waals surface area contributed by atoms with E-state index in [2.05, 4.69) is 4.72 Å². The molecule has 0 fully saturated rings. The van der Waals surface area contributed by atoms with Crippen molar-refractivity contribution < 1.29 is 13.2 Å². The van der Waals surface area contributed by atoms with Gasteiger partial charge in [-0.2, -0.15) is 0 Å². The average molecular weight is 251 g/mol. The second-order valence-electron chi connectivity index (χ2n) is 3.83. The topological polar surface area (TPSA) is 63.2 Å². The molecule has 0 unspecified atom stereocenters. The number of sulfonamides is 1. The van der Waals surface area contributed by atoms with Crippen LogP contribution < -0.4 is 4.72 Å². The smallest absolute Gasteiger partial charge is 0.240 e. The predicted molar refractivity (Wildman–Crippen MR) is 64.0 cm³/mol. The molecular formula is C12H13NO3S. The summed E-state index contributed by atoms with van der Waals surface area (Å²) in [5, 5.41) is 0. The monoisotopic (exact) mass is 251 g/mol. The van der Waals surface area contributed by atoms with Crippen molar-refractivity contribution in [3.63, 3.8) is 0 Å². The number of hydrogen-bond acceptors (Lipinski definition) is 3. The highest BCUT2D eigenvalue weighted by atomic mass is 32.2. The third-order valence-electron chi connectivity index (χ3n) is 2.63. The van der Waals surface area contributed by atoms with Crippen LogP contribution in [0.5, 0.6) is 0 Å². The fraction of sp³-hybridized carbons (Fsp3) is 0.250. The number of carbonyl (C=O) groups excluding carboxylic acids is 1. The van der Waals surface area contributed by atoms with Gasteiger partial charge in [0, 0.05) is 18.5 Å². The van der Waals surface area contributed by atoms with Crippen LogP contribution >= 0.6 is 0 Å². The lowest BCUT2D eigenvalue weighted by atomic mass is 10.2. The maximum atomic E-state index is 11.8. The first-order valence-electron chi connectivity index (χ1n) is 5.36. The Kier molecular flexibility index (Phi) is 3.40. The molecule has 4 nitrogen and oxygen atoms in total. The van der Waals surface area contributed by atoms with Gasteiger partial charge in [0.2, 0.25) is 10.0 Å². The molecular weight excluding hydrogens is 238 g/mol. The third kappa shape index (κ3) is 2.81. The van der Waals surface area contributed by atoms with Gasteiger partial charge in [-0.25, -0.2) is 13.1 Å². The Morgan fingerprint density at radius 3 is 2.47 bits per heavy atom. The van der Waals surface area contributed by atoms with Gasteiger partial charge < -0.3 is 0 Å². The average Bonchev–Trinajstić information content (AvgIpc) is 2.74. The van der Waals surface area contributed by atoms with Gasteiger partial charge in [0.15, 0.2) is 5.78 Å². The van der Waals surface area contributed by atoms with Crippen LogP contribution in [0.25, 0.3) is 0 Å². The highest BCUT2D eigenvalue weighted by molar-refractivity contribution is 7.89. The number of hydrogen-bond donors (Lipinski definition) is 1. The predicted octanol–water partition coefficient (Wildman–Crippen LogP) is 1.25. The van der Waals surface area contributed by atoms with Crippen molar-refractivity contribution in [3.8, 4) is 0 Å². The number of Topliss-reactive ketones (excluding diaryl/α,β-unsaturated/α-hetero) is 1. The van der Waals surface area contributed by atoms with Crippen LogP contribution in [0.2, 0.25) is 0 Å². The number of allylic oxidation sites excluding steroid dienone is 1. The molecule has 1 aromatic carbocycles. The molecule has 0 heterocycles. The molecule has 1 aliphatic carbocycles. The summed E-state index contributed by atoms with van der Waals surface area (Å²) in [4.78, 5) is 11.5. The molecule has 2 rings (SSSR count). The summed E-state index contributed by atoms with van der Waals surface area (Å²) in [6.45, 7) is 0.0794. The summed E-state index contributed by atoms with van der Waals surface area (Å²) in [6, 6.07) is 8.12. The highest BCUT2D eigenvalue weighted by Crippen LogP contribution is 2.14. The van der Waals surface area contributed by atoms with E-state index >= 15 is 0 Å². The number of carbonyl (C=O) groups is 1. The van der Waals surface area contributed by atoms with Crippen molar-refractivity contribution in [2.24, 2.45) is 0 Å². The number of benzene rings is 1. The van der Waals surface area contributed by atoms with Gasteiger partial charge in [0.05, 0.1) is 4.90 Å². The molecule has 1 aromatic rings. The van der Waals surface area contributed by atoms with Crippen LogP contribution in [0, 0.1) is 0 Å². The first-order valence-corrected chi connectivity index (χ1v) is 6.85. The Balaban J connectivity index is 2.07. The van der Waals surface area contributed by atoms with Gasteiger partial charge in [-0.1, -0.05) is 24.3 Å². The lowest BCUT2D eigenvalue weighted by Gasteiger charge is -2.06. The maximum absolute atomic E-state index is 11.8. The molecule has 0 amide bonds. The molecule has 1 N–H and O–H groups in total. The van der Waals surface area contributed by atoms with Gasteiger partial charge in [0.25, 0.3) is 0 Å². The van der Waals surface area contributed by atoms with Crippen LogP contribution in [-0.4, -0.2) is 20.7 Å².